The van der Waals surface area contributed by atoms with Crippen LogP contribution >= 0.6 is 0 Å². The second-order valence-electron chi connectivity index (χ2n) is 5.30. The number of alkyl halides is 2. The van der Waals surface area contributed by atoms with E-state index in [1.54, 1.807) is 18.2 Å². The molecule has 25 heavy (non-hydrogen) atoms. The normalized spacial score (nSPS) is 11.2. The number of nitrogens with one attached hydrogen (secondary N) is 1. The molecule has 3 rings (SSSR count). The van der Waals surface area contributed by atoms with Crippen LogP contribution in [-0.2, 0) is 4.79 Å². The maximum Gasteiger partial charge on any atom is 0.387 e. The maximum absolute atomic E-state index is 12.1. The van der Waals surface area contributed by atoms with Crippen molar-refractivity contribution in [1.29, 1.82) is 0 Å². The standard InChI is InChI=1S/C20H15F2NO2/c21-20(22)25-16-11-8-14(9-12-16)10-13-19(24)23-18-7-3-5-15-4-1-2-6-17(15)18/h1-13,20H,(H,23,24)/b13-10+. The fourth-order valence-electron chi connectivity index (χ4n) is 2.44. The van der Waals surface area contributed by atoms with Crippen LogP contribution in [0.15, 0.2) is 72.8 Å². The lowest BCUT2D eigenvalue weighted by atomic mass is 10.1. The predicted molar refractivity (Wildman–Crippen MR) is 94.7 cm³/mol. The summed E-state index contributed by atoms with van der Waals surface area (Å²) in [5.41, 5.74) is 1.43. The van der Waals surface area contributed by atoms with Crippen molar-refractivity contribution in [3.05, 3.63) is 78.4 Å². The summed E-state index contributed by atoms with van der Waals surface area (Å²) >= 11 is 0. The highest BCUT2D eigenvalue weighted by molar-refractivity contribution is 6.07. The molecule has 126 valence electrons. The van der Waals surface area contributed by atoms with Gasteiger partial charge in [0.15, 0.2) is 0 Å². The molecule has 3 aromatic carbocycles. The number of hydrogen-bond acceptors (Lipinski definition) is 2. The first-order chi connectivity index (χ1) is 12.1. The van der Waals surface area contributed by atoms with Gasteiger partial charge in [0.25, 0.3) is 0 Å². The molecule has 0 fully saturated rings. The van der Waals surface area contributed by atoms with Crippen molar-refractivity contribution in [2.75, 3.05) is 5.32 Å². The molecule has 1 N–H and O–H groups in total. The molecule has 0 aliphatic heterocycles. The first-order valence-electron chi connectivity index (χ1n) is 7.63. The first kappa shape index (κ1) is 16.6. The van der Waals surface area contributed by atoms with Gasteiger partial charge in [-0.1, -0.05) is 48.5 Å². The van der Waals surface area contributed by atoms with Gasteiger partial charge in [0.1, 0.15) is 5.75 Å². The zero-order valence-electron chi connectivity index (χ0n) is 13.2. The third-order valence-corrected chi connectivity index (χ3v) is 3.58. The minimum atomic E-state index is -2.85. The number of amides is 1. The highest BCUT2D eigenvalue weighted by Gasteiger charge is 2.04. The van der Waals surface area contributed by atoms with E-state index in [0.717, 1.165) is 16.5 Å². The number of anilines is 1. The summed E-state index contributed by atoms with van der Waals surface area (Å²) in [6.45, 7) is -2.85. The second-order valence-corrected chi connectivity index (χ2v) is 5.30. The third kappa shape index (κ3) is 4.41. The zero-order chi connectivity index (χ0) is 17.6. The maximum atomic E-state index is 12.1. The first-order valence-corrected chi connectivity index (χ1v) is 7.63. The summed E-state index contributed by atoms with van der Waals surface area (Å²) < 4.78 is 28.5. The van der Waals surface area contributed by atoms with Crippen molar-refractivity contribution in [2.45, 2.75) is 6.61 Å². The van der Waals surface area contributed by atoms with E-state index in [9.17, 15) is 13.6 Å². The van der Waals surface area contributed by atoms with Gasteiger partial charge in [0, 0.05) is 17.1 Å². The molecule has 0 aromatic heterocycles. The third-order valence-electron chi connectivity index (χ3n) is 3.58. The van der Waals surface area contributed by atoms with Gasteiger partial charge in [-0.2, -0.15) is 8.78 Å². The fraction of sp³-hybridized carbons (Fsp3) is 0.0500. The van der Waals surface area contributed by atoms with Crippen molar-refractivity contribution in [1.82, 2.24) is 0 Å². The Morgan fingerprint density at radius 2 is 1.68 bits per heavy atom. The molecule has 0 radical (unpaired) electrons. The Labute approximate surface area is 143 Å². The van der Waals surface area contributed by atoms with Gasteiger partial charge in [-0.25, -0.2) is 0 Å². The van der Waals surface area contributed by atoms with Gasteiger partial charge < -0.3 is 10.1 Å². The number of carbonyl (C=O) groups excluding carboxylic acids is 1. The summed E-state index contributed by atoms with van der Waals surface area (Å²) in [6, 6.07) is 19.5. The number of benzene rings is 3. The van der Waals surface area contributed by atoms with E-state index in [1.807, 2.05) is 42.5 Å². The molecule has 0 saturated carbocycles. The highest BCUT2D eigenvalue weighted by Crippen LogP contribution is 2.23. The Hall–Kier alpha value is -3.21. The number of hydrogen-bond donors (Lipinski definition) is 1. The van der Waals surface area contributed by atoms with Crippen LogP contribution in [0.5, 0.6) is 5.75 Å². The Balaban J connectivity index is 1.68. The molecule has 1 amide bonds. The number of carbonyl (C=O) groups is 1. The van der Waals surface area contributed by atoms with Crippen LogP contribution in [0.25, 0.3) is 16.8 Å². The van der Waals surface area contributed by atoms with Crippen LogP contribution in [0, 0.1) is 0 Å². The molecule has 0 heterocycles. The molecular weight excluding hydrogens is 324 g/mol. The van der Waals surface area contributed by atoms with Crippen molar-refractivity contribution in [2.24, 2.45) is 0 Å². The molecule has 3 nitrogen and oxygen atoms in total. The topological polar surface area (TPSA) is 38.3 Å². The predicted octanol–water partition coefficient (Wildman–Crippen LogP) is 5.09. The van der Waals surface area contributed by atoms with Crippen LogP contribution in [0.4, 0.5) is 14.5 Å². The lowest BCUT2D eigenvalue weighted by Crippen LogP contribution is -2.08. The lowest BCUT2D eigenvalue weighted by molar-refractivity contribution is -0.111. The number of fused-ring (bicyclic) bond motifs is 1. The van der Waals surface area contributed by atoms with Gasteiger partial charge >= 0.3 is 6.61 Å². The van der Waals surface area contributed by atoms with Crippen LogP contribution in [-0.4, -0.2) is 12.5 Å². The van der Waals surface area contributed by atoms with Crippen molar-refractivity contribution in [3.63, 3.8) is 0 Å². The van der Waals surface area contributed by atoms with Gasteiger partial charge in [0.2, 0.25) is 5.91 Å². The minimum Gasteiger partial charge on any atom is -0.435 e. The van der Waals surface area contributed by atoms with Gasteiger partial charge in [-0.3, -0.25) is 4.79 Å². The Bertz CT molecular complexity index is 900. The Kier molecular flexibility index (Phi) is 5.04. The average Bonchev–Trinajstić information content (AvgIpc) is 2.61. The van der Waals surface area contributed by atoms with Crippen LogP contribution in [0.1, 0.15) is 5.56 Å². The second kappa shape index (κ2) is 7.57. The van der Waals surface area contributed by atoms with Gasteiger partial charge in [0.05, 0.1) is 0 Å². The van der Waals surface area contributed by atoms with Crippen LogP contribution < -0.4 is 10.1 Å². The summed E-state index contributed by atoms with van der Waals surface area (Å²) in [5.74, 6) is -0.198. The van der Waals surface area contributed by atoms with Gasteiger partial charge in [-0.05, 0) is 35.2 Å². The van der Waals surface area contributed by atoms with Crippen molar-refractivity contribution >= 4 is 28.4 Å². The van der Waals surface area contributed by atoms with Crippen molar-refractivity contribution in [3.8, 4) is 5.75 Å². The molecule has 0 saturated heterocycles. The molecule has 0 aliphatic carbocycles. The van der Waals surface area contributed by atoms with E-state index in [1.165, 1.54) is 18.2 Å². The van der Waals surface area contributed by atoms with Gasteiger partial charge in [-0.15, -0.1) is 0 Å². The highest BCUT2D eigenvalue weighted by atomic mass is 19.3. The smallest absolute Gasteiger partial charge is 0.387 e. The fourth-order valence-corrected chi connectivity index (χ4v) is 2.44. The zero-order valence-corrected chi connectivity index (χ0v) is 13.2. The van der Waals surface area contributed by atoms with E-state index in [-0.39, 0.29) is 11.7 Å². The summed E-state index contributed by atoms with van der Waals surface area (Å²) in [6.07, 6.45) is 3.00. The van der Waals surface area contributed by atoms with E-state index in [4.69, 9.17) is 0 Å². The van der Waals surface area contributed by atoms with E-state index in [0.29, 0.717) is 5.56 Å². The average molecular weight is 339 g/mol. The quantitative estimate of drug-likeness (QED) is 0.657. The number of ether oxygens (including phenoxy) is 1. The molecule has 3 aromatic rings. The van der Waals surface area contributed by atoms with E-state index >= 15 is 0 Å². The van der Waals surface area contributed by atoms with E-state index < -0.39 is 6.61 Å². The molecule has 0 atom stereocenters. The summed E-state index contributed by atoms with van der Waals surface area (Å²) in [5, 5.41) is 4.84. The molecule has 0 unspecified atom stereocenters. The van der Waals surface area contributed by atoms with Crippen molar-refractivity contribution < 1.29 is 18.3 Å². The minimum absolute atomic E-state index is 0.0763. The number of halogens is 2. The molecular formula is C20H15F2NO2. The van der Waals surface area contributed by atoms with Crippen LogP contribution in [0.3, 0.4) is 0 Å². The molecule has 0 bridgehead atoms. The Morgan fingerprint density at radius 3 is 2.44 bits per heavy atom. The monoisotopic (exact) mass is 339 g/mol. The summed E-state index contributed by atoms with van der Waals surface area (Å²) in [7, 11) is 0. The summed E-state index contributed by atoms with van der Waals surface area (Å²) in [4.78, 5) is 12.1. The number of rotatable bonds is 5. The van der Waals surface area contributed by atoms with E-state index in [2.05, 4.69) is 10.1 Å². The SMILES string of the molecule is O=C(/C=C/c1ccc(OC(F)F)cc1)Nc1cccc2ccccc12. The largest absolute Gasteiger partial charge is 0.435 e. The van der Waals surface area contributed by atoms with Crippen LogP contribution in [0.2, 0.25) is 0 Å². The Morgan fingerprint density at radius 1 is 0.960 bits per heavy atom. The molecule has 0 aliphatic rings. The lowest BCUT2D eigenvalue weighted by Gasteiger charge is -2.07. The molecule has 0 spiro atoms. The molecule has 5 heteroatoms.